The Hall–Kier alpha value is -2.11. The number of esters is 1. The van der Waals surface area contributed by atoms with Gasteiger partial charge in [-0.15, -0.1) is 0 Å². The van der Waals surface area contributed by atoms with Gasteiger partial charge in [-0.05, 0) is 20.8 Å². The number of H-pyrrole nitrogens is 1. The normalized spacial score (nSPS) is 10.3. The lowest BCUT2D eigenvalue weighted by Crippen LogP contribution is -2.42. The molecule has 6 nitrogen and oxygen atoms in total. The average Bonchev–Trinajstić information content (AvgIpc) is 2.36. The van der Waals surface area contributed by atoms with Crippen LogP contribution >= 0.6 is 0 Å². The third-order valence-corrected chi connectivity index (χ3v) is 2.54. The summed E-state index contributed by atoms with van der Waals surface area (Å²) in [5.41, 5.74) is -0.362. The molecule has 0 spiro atoms. The molecule has 1 amide bonds. The van der Waals surface area contributed by atoms with E-state index in [1.165, 1.54) is 23.4 Å². The number of hydrogen-bond donors (Lipinski definition) is 1. The van der Waals surface area contributed by atoms with Crippen molar-refractivity contribution in [2.45, 2.75) is 26.8 Å². The second kappa shape index (κ2) is 6.72. The lowest BCUT2D eigenvalue weighted by molar-refractivity contribution is -0.144. The molecule has 0 radical (unpaired) electrons. The molecule has 0 saturated carbocycles. The molecule has 0 aliphatic heterocycles. The second-order valence-corrected chi connectivity index (χ2v) is 4.25. The first kappa shape index (κ1) is 14.9. The lowest BCUT2D eigenvalue weighted by Gasteiger charge is -2.25. The van der Waals surface area contributed by atoms with E-state index in [4.69, 9.17) is 4.74 Å². The van der Waals surface area contributed by atoms with Gasteiger partial charge in [0.25, 0.3) is 5.91 Å². The average molecular weight is 266 g/mol. The number of pyridine rings is 1. The van der Waals surface area contributed by atoms with E-state index in [9.17, 15) is 14.4 Å². The maximum absolute atomic E-state index is 12.2. The van der Waals surface area contributed by atoms with Crippen molar-refractivity contribution in [3.63, 3.8) is 0 Å². The lowest BCUT2D eigenvalue weighted by atomic mass is 10.2. The fourth-order valence-corrected chi connectivity index (χ4v) is 1.57. The van der Waals surface area contributed by atoms with Gasteiger partial charge >= 0.3 is 5.97 Å². The zero-order valence-electron chi connectivity index (χ0n) is 11.3. The molecule has 0 saturated heterocycles. The quantitative estimate of drug-likeness (QED) is 0.799. The van der Waals surface area contributed by atoms with Crippen molar-refractivity contribution in [2.75, 3.05) is 13.2 Å². The van der Waals surface area contributed by atoms with Crippen LogP contribution in [0.25, 0.3) is 0 Å². The maximum atomic E-state index is 12.2. The van der Waals surface area contributed by atoms with Crippen LogP contribution in [0.3, 0.4) is 0 Å². The summed E-state index contributed by atoms with van der Waals surface area (Å²) in [7, 11) is 0. The molecule has 1 aromatic rings. The van der Waals surface area contributed by atoms with Crippen LogP contribution in [0.5, 0.6) is 0 Å². The van der Waals surface area contributed by atoms with Gasteiger partial charge in [0.15, 0.2) is 5.43 Å². The smallest absolute Gasteiger partial charge is 0.325 e. The Balaban J connectivity index is 2.94. The number of nitrogens with one attached hydrogen (secondary N) is 1. The summed E-state index contributed by atoms with van der Waals surface area (Å²) in [6, 6.07) is 1.06. The summed E-state index contributed by atoms with van der Waals surface area (Å²) in [6.07, 6.45) is 2.79. The highest BCUT2D eigenvalue weighted by Gasteiger charge is 2.23. The molecular formula is C13H18N2O4. The number of nitrogens with zero attached hydrogens (tertiary/aromatic N) is 1. The van der Waals surface area contributed by atoms with Crippen molar-refractivity contribution in [2.24, 2.45) is 0 Å². The molecule has 19 heavy (non-hydrogen) atoms. The van der Waals surface area contributed by atoms with Crippen molar-refractivity contribution >= 4 is 11.9 Å². The highest BCUT2D eigenvalue weighted by molar-refractivity contribution is 5.95. The summed E-state index contributed by atoms with van der Waals surface area (Å²) < 4.78 is 4.82. The van der Waals surface area contributed by atoms with Gasteiger partial charge in [-0.25, -0.2) is 0 Å². The van der Waals surface area contributed by atoms with Gasteiger partial charge in [0, 0.05) is 24.5 Å². The SMILES string of the molecule is CCOC(=O)CN(C(=O)c1c[nH]ccc1=O)C(C)C. The Morgan fingerprint density at radius 1 is 1.42 bits per heavy atom. The number of amides is 1. The molecule has 0 atom stereocenters. The van der Waals surface area contributed by atoms with E-state index in [0.717, 1.165) is 0 Å². The van der Waals surface area contributed by atoms with Crippen LogP contribution in [-0.2, 0) is 9.53 Å². The number of rotatable bonds is 5. The van der Waals surface area contributed by atoms with E-state index < -0.39 is 11.9 Å². The van der Waals surface area contributed by atoms with Crippen molar-refractivity contribution in [3.05, 3.63) is 34.2 Å². The Kier molecular flexibility index (Phi) is 5.29. The number of hydrogen-bond acceptors (Lipinski definition) is 4. The fraction of sp³-hybridized carbons (Fsp3) is 0.462. The molecule has 0 bridgehead atoms. The van der Waals surface area contributed by atoms with Crippen LogP contribution in [-0.4, -0.2) is 41.0 Å². The van der Waals surface area contributed by atoms with Gasteiger partial charge < -0.3 is 14.6 Å². The first-order valence-corrected chi connectivity index (χ1v) is 6.11. The third-order valence-electron chi connectivity index (χ3n) is 2.54. The topological polar surface area (TPSA) is 79.5 Å². The fourth-order valence-electron chi connectivity index (χ4n) is 1.57. The largest absolute Gasteiger partial charge is 0.465 e. The molecular weight excluding hydrogens is 248 g/mol. The molecule has 1 aromatic heterocycles. The van der Waals surface area contributed by atoms with E-state index in [-0.39, 0.29) is 30.2 Å². The van der Waals surface area contributed by atoms with Crippen molar-refractivity contribution in [3.8, 4) is 0 Å². The molecule has 1 rings (SSSR count). The molecule has 1 N–H and O–H groups in total. The van der Waals surface area contributed by atoms with Crippen molar-refractivity contribution in [1.29, 1.82) is 0 Å². The third kappa shape index (κ3) is 3.94. The predicted octanol–water partition coefficient (Wildman–Crippen LogP) is 0.789. The van der Waals surface area contributed by atoms with Crippen LogP contribution in [0.4, 0.5) is 0 Å². The number of aromatic nitrogens is 1. The summed E-state index contributed by atoms with van der Waals surface area (Å²) in [6.45, 7) is 5.33. The van der Waals surface area contributed by atoms with Gasteiger partial charge in [0.05, 0.1) is 6.61 Å². The standard InChI is InChI=1S/C13H18N2O4/c1-4-19-12(17)8-15(9(2)3)13(18)10-7-14-6-5-11(10)16/h5-7,9H,4,8H2,1-3H3,(H,14,16). The van der Waals surface area contributed by atoms with E-state index in [2.05, 4.69) is 4.98 Å². The minimum absolute atomic E-state index is 0.0144. The van der Waals surface area contributed by atoms with E-state index in [1.54, 1.807) is 20.8 Å². The molecule has 0 unspecified atom stereocenters. The van der Waals surface area contributed by atoms with Crippen LogP contribution in [0, 0.1) is 0 Å². The number of aromatic amines is 1. The van der Waals surface area contributed by atoms with Gasteiger partial charge in [0.1, 0.15) is 12.1 Å². The minimum Gasteiger partial charge on any atom is -0.465 e. The van der Waals surface area contributed by atoms with Crippen LogP contribution < -0.4 is 5.43 Å². The molecule has 0 aromatic carbocycles. The summed E-state index contributed by atoms with van der Waals surface area (Å²) in [5, 5.41) is 0. The first-order chi connectivity index (χ1) is 8.97. The zero-order chi connectivity index (χ0) is 14.4. The number of ether oxygens (including phenoxy) is 1. The molecule has 6 heteroatoms. The highest BCUT2D eigenvalue weighted by Crippen LogP contribution is 2.05. The number of carbonyl (C=O) groups is 2. The van der Waals surface area contributed by atoms with E-state index in [0.29, 0.717) is 0 Å². The monoisotopic (exact) mass is 266 g/mol. The highest BCUT2D eigenvalue weighted by atomic mass is 16.5. The Morgan fingerprint density at radius 3 is 2.63 bits per heavy atom. The Bertz CT molecular complexity index is 507. The minimum atomic E-state index is -0.489. The first-order valence-electron chi connectivity index (χ1n) is 6.11. The second-order valence-electron chi connectivity index (χ2n) is 4.25. The van der Waals surface area contributed by atoms with Crippen molar-refractivity contribution in [1.82, 2.24) is 9.88 Å². The Labute approximate surface area is 111 Å². The maximum Gasteiger partial charge on any atom is 0.325 e. The summed E-state index contributed by atoms with van der Waals surface area (Å²) in [5.74, 6) is -0.971. The predicted molar refractivity (Wildman–Crippen MR) is 69.9 cm³/mol. The molecule has 0 aliphatic carbocycles. The van der Waals surface area contributed by atoms with Crippen LogP contribution in [0.1, 0.15) is 31.1 Å². The van der Waals surface area contributed by atoms with Crippen molar-refractivity contribution < 1.29 is 14.3 Å². The summed E-state index contributed by atoms with van der Waals surface area (Å²) >= 11 is 0. The summed E-state index contributed by atoms with van der Waals surface area (Å²) in [4.78, 5) is 39.3. The van der Waals surface area contributed by atoms with Gasteiger partial charge in [0.2, 0.25) is 0 Å². The van der Waals surface area contributed by atoms with E-state index in [1.807, 2.05) is 0 Å². The zero-order valence-corrected chi connectivity index (χ0v) is 11.3. The molecule has 104 valence electrons. The van der Waals surface area contributed by atoms with Gasteiger partial charge in [-0.1, -0.05) is 0 Å². The van der Waals surface area contributed by atoms with E-state index >= 15 is 0 Å². The molecule has 0 aliphatic rings. The van der Waals surface area contributed by atoms with Crippen LogP contribution in [0.2, 0.25) is 0 Å². The van der Waals surface area contributed by atoms with Gasteiger partial charge in [-0.3, -0.25) is 14.4 Å². The molecule has 0 fully saturated rings. The van der Waals surface area contributed by atoms with Crippen LogP contribution in [0.15, 0.2) is 23.3 Å². The number of carbonyl (C=O) groups excluding carboxylic acids is 2. The van der Waals surface area contributed by atoms with Gasteiger partial charge in [-0.2, -0.15) is 0 Å². The molecule has 1 heterocycles. The Morgan fingerprint density at radius 2 is 2.11 bits per heavy atom.